The van der Waals surface area contributed by atoms with Crippen molar-refractivity contribution < 1.29 is 14.3 Å². The largest absolute Gasteiger partial charge is 0.386 e. The van der Waals surface area contributed by atoms with Crippen molar-refractivity contribution in [2.45, 2.75) is 19.1 Å². The minimum Gasteiger partial charge on any atom is -0.386 e. The van der Waals surface area contributed by atoms with Gasteiger partial charge in [0.05, 0.1) is 17.7 Å². The molecule has 0 saturated heterocycles. The summed E-state index contributed by atoms with van der Waals surface area (Å²) in [6.07, 6.45) is 2.18. The molecule has 2 unspecified atom stereocenters. The number of rotatable bonds is 4. The van der Waals surface area contributed by atoms with Crippen molar-refractivity contribution in [1.82, 2.24) is 19.9 Å². The van der Waals surface area contributed by atoms with Crippen LogP contribution >= 0.6 is 0 Å². The van der Waals surface area contributed by atoms with Crippen LogP contribution in [0.15, 0.2) is 48.9 Å². The zero-order chi connectivity index (χ0) is 16.4. The Morgan fingerprint density at radius 3 is 2.74 bits per heavy atom. The first kappa shape index (κ1) is 15.1. The van der Waals surface area contributed by atoms with E-state index in [1.807, 2.05) is 0 Å². The number of hydrogen-bond acceptors (Lipinski definition) is 4. The third-order valence-electron chi connectivity index (χ3n) is 3.60. The molecule has 2 atom stereocenters. The fraction of sp³-hybridized carbons (Fsp3) is 0.188. The topological polar surface area (TPSA) is 79.5 Å². The van der Waals surface area contributed by atoms with Crippen molar-refractivity contribution in [2.75, 3.05) is 0 Å². The fourth-order valence-electron chi connectivity index (χ4n) is 2.28. The van der Waals surface area contributed by atoms with Crippen LogP contribution in [-0.2, 0) is 0 Å². The highest BCUT2D eigenvalue weighted by atomic mass is 19.1. The molecule has 23 heavy (non-hydrogen) atoms. The molecule has 2 aromatic heterocycles. The molecular formula is C16H15FN4O2. The third kappa shape index (κ3) is 3.19. The predicted octanol–water partition coefficient (Wildman–Crippen LogP) is 1.72. The SMILES string of the molecule is CC(NC(=O)c1ccc2nncn2c1)C(O)c1ccc(F)cc1. The molecule has 1 amide bonds. The van der Waals surface area contributed by atoms with Gasteiger partial charge in [-0.05, 0) is 36.8 Å². The van der Waals surface area contributed by atoms with E-state index in [0.717, 1.165) is 0 Å². The molecule has 2 N–H and O–H groups in total. The van der Waals surface area contributed by atoms with Crippen molar-refractivity contribution in [3.63, 3.8) is 0 Å². The molecule has 3 rings (SSSR count). The van der Waals surface area contributed by atoms with E-state index in [4.69, 9.17) is 0 Å². The quantitative estimate of drug-likeness (QED) is 0.768. The Balaban J connectivity index is 1.72. The number of carbonyl (C=O) groups excluding carboxylic acids is 1. The van der Waals surface area contributed by atoms with E-state index in [2.05, 4.69) is 15.5 Å². The second-order valence-corrected chi connectivity index (χ2v) is 5.27. The first-order chi connectivity index (χ1) is 11.0. The molecule has 1 aromatic carbocycles. The van der Waals surface area contributed by atoms with Gasteiger partial charge in [-0.2, -0.15) is 0 Å². The van der Waals surface area contributed by atoms with Crippen LogP contribution in [0.3, 0.4) is 0 Å². The van der Waals surface area contributed by atoms with E-state index >= 15 is 0 Å². The Labute approximate surface area is 131 Å². The number of aliphatic hydroxyl groups is 1. The van der Waals surface area contributed by atoms with Crippen LogP contribution in [0.2, 0.25) is 0 Å². The average molecular weight is 314 g/mol. The number of carbonyl (C=O) groups is 1. The number of hydrogen-bond donors (Lipinski definition) is 2. The number of amides is 1. The lowest BCUT2D eigenvalue weighted by molar-refractivity contribution is 0.0851. The van der Waals surface area contributed by atoms with E-state index in [1.54, 1.807) is 29.7 Å². The zero-order valence-electron chi connectivity index (χ0n) is 12.3. The number of aromatic nitrogens is 3. The number of nitrogens with zero attached hydrogens (tertiary/aromatic N) is 3. The molecule has 6 nitrogen and oxygen atoms in total. The lowest BCUT2D eigenvalue weighted by Crippen LogP contribution is -2.37. The van der Waals surface area contributed by atoms with Crippen LogP contribution in [0, 0.1) is 5.82 Å². The number of nitrogens with one attached hydrogen (secondary N) is 1. The van der Waals surface area contributed by atoms with Gasteiger partial charge in [0, 0.05) is 6.20 Å². The molecule has 0 aliphatic rings. The van der Waals surface area contributed by atoms with Gasteiger partial charge in [-0.1, -0.05) is 12.1 Å². The Hall–Kier alpha value is -2.80. The summed E-state index contributed by atoms with van der Waals surface area (Å²) in [5, 5.41) is 20.6. The highest BCUT2D eigenvalue weighted by molar-refractivity contribution is 5.94. The van der Waals surface area contributed by atoms with Gasteiger partial charge in [0.1, 0.15) is 12.1 Å². The van der Waals surface area contributed by atoms with Gasteiger partial charge >= 0.3 is 0 Å². The van der Waals surface area contributed by atoms with Crippen LogP contribution in [0.4, 0.5) is 4.39 Å². The van der Waals surface area contributed by atoms with Crippen LogP contribution in [0.1, 0.15) is 28.9 Å². The van der Waals surface area contributed by atoms with Crippen molar-refractivity contribution >= 4 is 11.6 Å². The molecule has 3 aromatic rings. The van der Waals surface area contributed by atoms with Gasteiger partial charge in [-0.3, -0.25) is 9.20 Å². The van der Waals surface area contributed by atoms with Crippen LogP contribution in [-0.4, -0.2) is 31.7 Å². The lowest BCUT2D eigenvalue weighted by atomic mass is 10.0. The molecule has 0 aliphatic heterocycles. The Kier molecular flexibility index (Phi) is 4.03. The summed E-state index contributed by atoms with van der Waals surface area (Å²) in [5.74, 6) is -0.700. The van der Waals surface area contributed by atoms with Gasteiger partial charge in [0.15, 0.2) is 5.65 Å². The molecule has 0 spiro atoms. The second kappa shape index (κ2) is 6.13. The van der Waals surface area contributed by atoms with E-state index in [9.17, 15) is 14.3 Å². The zero-order valence-corrected chi connectivity index (χ0v) is 12.3. The Morgan fingerprint density at radius 2 is 2.00 bits per heavy atom. The van der Waals surface area contributed by atoms with Crippen molar-refractivity contribution in [3.8, 4) is 0 Å². The van der Waals surface area contributed by atoms with Crippen LogP contribution in [0.25, 0.3) is 5.65 Å². The summed E-state index contributed by atoms with van der Waals surface area (Å²) in [7, 11) is 0. The third-order valence-corrected chi connectivity index (χ3v) is 3.60. The summed E-state index contributed by atoms with van der Waals surface area (Å²) >= 11 is 0. The molecule has 0 fully saturated rings. The minimum absolute atomic E-state index is 0.325. The average Bonchev–Trinajstić information content (AvgIpc) is 3.02. The van der Waals surface area contributed by atoms with Crippen LogP contribution < -0.4 is 5.32 Å². The molecule has 0 saturated carbocycles. The molecule has 2 heterocycles. The Bertz CT molecular complexity index is 831. The van der Waals surface area contributed by atoms with Gasteiger partial charge in [-0.25, -0.2) is 4.39 Å². The van der Waals surface area contributed by atoms with E-state index in [1.165, 1.54) is 30.6 Å². The van der Waals surface area contributed by atoms with Gasteiger partial charge in [0.2, 0.25) is 0 Å². The highest BCUT2D eigenvalue weighted by Crippen LogP contribution is 2.17. The Morgan fingerprint density at radius 1 is 1.26 bits per heavy atom. The molecule has 118 valence electrons. The first-order valence-corrected chi connectivity index (χ1v) is 7.08. The fourth-order valence-corrected chi connectivity index (χ4v) is 2.28. The lowest BCUT2D eigenvalue weighted by Gasteiger charge is -2.20. The molecule has 0 radical (unpaired) electrons. The van der Waals surface area contributed by atoms with Gasteiger partial charge < -0.3 is 10.4 Å². The normalized spacial score (nSPS) is 13.7. The maximum atomic E-state index is 12.9. The maximum Gasteiger partial charge on any atom is 0.253 e. The maximum absolute atomic E-state index is 12.9. The smallest absolute Gasteiger partial charge is 0.253 e. The predicted molar refractivity (Wildman–Crippen MR) is 81.3 cm³/mol. The summed E-state index contributed by atoms with van der Waals surface area (Å²) in [6.45, 7) is 1.68. The number of pyridine rings is 1. The van der Waals surface area contributed by atoms with Gasteiger partial charge in [0.25, 0.3) is 5.91 Å². The molecule has 0 bridgehead atoms. The number of aliphatic hydroxyl groups excluding tert-OH is 1. The van der Waals surface area contributed by atoms with Crippen molar-refractivity contribution in [1.29, 1.82) is 0 Å². The van der Waals surface area contributed by atoms with Crippen molar-refractivity contribution in [2.24, 2.45) is 0 Å². The summed E-state index contributed by atoms with van der Waals surface area (Å²) < 4.78 is 14.6. The number of fused-ring (bicyclic) bond motifs is 1. The monoisotopic (exact) mass is 314 g/mol. The minimum atomic E-state index is -0.932. The standard InChI is InChI=1S/C16H15FN4O2/c1-10(15(22)11-2-5-13(17)6-3-11)19-16(23)12-4-7-14-20-18-9-21(14)8-12/h2-10,15,22H,1H3,(H,19,23). The molecule has 0 aliphatic carbocycles. The summed E-state index contributed by atoms with van der Waals surface area (Å²) in [4.78, 5) is 12.3. The van der Waals surface area contributed by atoms with Crippen molar-refractivity contribution in [3.05, 3.63) is 65.9 Å². The number of benzene rings is 1. The molecular weight excluding hydrogens is 299 g/mol. The highest BCUT2D eigenvalue weighted by Gasteiger charge is 2.19. The second-order valence-electron chi connectivity index (χ2n) is 5.27. The van der Waals surface area contributed by atoms with E-state index in [-0.39, 0.29) is 11.7 Å². The van der Waals surface area contributed by atoms with Gasteiger partial charge in [-0.15, -0.1) is 10.2 Å². The summed E-state index contributed by atoms with van der Waals surface area (Å²) in [6, 6.07) is 8.31. The molecule has 7 heteroatoms. The van der Waals surface area contributed by atoms with Crippen LogP contribution in [0.5, 0.6) is 0 Å². The van der Waals surface area contributed by atoms with E-state index in [0.29, 0.717) is 16.8 Å². The summed E-state index contributed by atoms with van der Waals surface area (Å²) in [5.41, 5.74) is 1.60. The first-order valence-electron chi connectivity index (χ1n) is 7.08. The van der Waals surface area contributed by atoms with E-state index < -0.39 is 12.1 Å². The number of halogens is 1.